The Morgan fingerprint density at radius 2 is 2.00 bits per heavy atom. The number of anilines is 1. The summed E-state index contributed by atoms with van der Waals surface area (Å²) in [5, 5.41) is 11.2. The predicted octanol–water partition coefficient (Wildman–Crippen LogP) is 5.51. The molecule has 4 aromatic rings. The number of carbonyl (C=O) groups is 2. The third-order valence-corrected chi connectivity index (χ3v) is 6.82. The predicted molar refractivity (Wildman–Crippen MR) is 131 cm³/mol. The van der Waals surface area contributed by atoms with Gasteiger partial charge in [0.1, 0.15) is 17.3 Å². The fourth-order valence-corrected chi connectivity index (χ4v) is 5.09. The van der Waals surface area contributed by atoms with Crippen LogP contribution in [0.25, 0.3) is 16.0 Å². The number of benzene rings is 2. The molecular formula is C25H17ClFN3O4S. The third-order valence-electron chi connectivity index (χ3n) is 5.51. The van der Waals surface area contributed by atoms with Crippen LogP contribution in [0.4, 0.5) is 9.52 Å². The minimum absolute atomic E-state index is 0.101. The van der Waals surface area contributed by atoms with Crippen LogP contribution in [-0.4, -0.2) is 33.4 Å². The molecule has 1 N–H and O–H groups in total. The summed E-state index contributed by atoms with van der Waals surface area (Å²) in [4.78, 5) is 36.2. The van der Waals surface area contributed by atoms with Crippen LogP contribution in [0.3, 0.4) is 0 Å². The number of aliphatic hydroxyl groups is 1. The first-order valence-electron chi connectivity index (χ1n) is 10.6. The number of rotatable bonds is 5. The first kappa shape index (κ1) is 22.9. The number of pyridine rings is 1. The summed E-state index contributed by atoms with van der Waals surface area (Å²) in [5.74, 6) is -2.08. The normalized spacial score (nSPS) is 17.3. The van der Waals surface area contributed by atoms with E-state index in [2.05, 4.69) is 9.97 Å². The Labute approximate surface area is 208 Å². The van der Waals surface area contributed by atoms with Crippen LogP contribution in [0, 0.1) is 5.82 Å². The number of ketones is 1. The molecule has 1 saturated heterocycles. The minimum Gasteiger partial charge on any atom is -0.507 e. The van der Waals surface area contributed by atoms with Gasteiger partial charge in [0.15, 0.2) is 5.13 Å². The highest BCUT2D eigenvalue weighted by Crippen LogP contribution is 2.44. The number of aliphatic hydroxyl groups excluding tert-OH is 1. The van der Waals surface area contributed by atoms with Gasteiger partial charge in [0, 0.05) is 18.0 Å². The van der Waals surface area contributed by atoms with Crippen molar-refractivity contribution in [3.63, 3.8) is 0 Å². The molecule has 2 aromatic heterocycles. The van der Waals surface area contributed by atoms with Crippen molar-refractivity contribution < 1.29 is 23.8 Å². The average molecular weight is 510 g/mol. The molecule has 1 amide bonds. The first-order valence-corrected chi connectivity index (χ1v) is 11.8. The average Bonchev–Trinajstić information content (AvgIpc) is 3.37. The molecule has 1 aliphatic rings. The van der Waals surface area contributed by atoms with Gasteiger partial charge in [-0.05, 0) is 55.0 Å². The summed E-state index contributed by atoms with van der Waals surface area (Å²) >= 11 is 6.93. The number of halogens is 2. The van der Waals surface area contributed by atoms with Crippen LogP contribution in [-0.2, 0) is 9.59 Å². The van der Waals surface area contributed by atoms with Crippen LogP contribution in [0.1, 0.15) is 24.1 Å². The topological polar surface area (TPSA) is 92.6 Å². The van der Waals surface area contributed by atoms with Crippen molar-refractivity contribution in [3.05, 3.63) is 88.5 Å². The van der Waals surface area contributed by atoms with E-state index < -0.39 is 23.5 Å². The molecule has 7 nitrogen and oxygen atoms in total. The number of thiazole rings is 1. The Morgan fingerprint density at radius 1 is 1.23 bits per heavy atom. The van der Waals surface area contributed by atoms with Gasteiger partial charge in [-0.3, -0.25) is 19.5 Å². The molecule has 0 saturated carbocycles. The van der Waals surface area contributed by atoms with Gasteiger partial charge in [0.2, 0.25) is 0 Å². The summed E-state index contributed by atoms with van der Waals surface area (Å²) in [7, 11) is 0. The van der Waals surface area contributed by atoms with E-state index in [0.717, 1.165) is 11.3 Å². The van der Waals surface area contributed by atoms with E-state index in [4.69, 9.17) is 16.3 Å². The molecule has 3 heterocycles. The molecule has 35 heavy (non-hydrogen) atoms. The van der Waals surface area contributed by atoms with Gasteiger partial charge in [0.05, 0.1) is 33.5 Å². The van der Waals surface area contributed by atoms with Gasteiger partial charge in [-0.2, -0.15) is 0 Å². The molecular weight excluding hydrogens is 493 g/mol. The second-order valence-corrected chi connectivity index (χ2v) is 9.06. The number of aromatic nitrogens is 2. The van der Waals surface area contributed by atoms with E-state index in [1.807, 2.05) is 6.92 Å². The zero-order valence-electron chi connectivity index (χ0n) is 18.2. The zero-order valence-corrected chi connectivity index (χ0v) is 19.8. The molecule has 1 unspecified atom stereocenters. The molecule has 5 rings (SSSR count). The smallest absolute Gasteiger partial charge is 0.301 e. The van der Waals surface area contributed by atoms with E-state index in [1.54, 1.807) is 42.6 Å². The van der Waals surface area contributed by atoms with Crippen molar-refractivity contribution in [1.29, 1.82) is 0 Å². The molecule has 1 atom stereocenters. The second kappa shape index (κ2) is 9.09. The number of amides is 1. The third kappa shape index (κ3) is 4.02. The summed E-state index contributed by atoms with van der Waals surface area (Å²) in [6.45, 7) is 2.34. The molecule has 2 aromatic carbocycles. The largest absolute Gasteiger partial charge is 0.507 e. The molecule has 176 valence electrons. The van der Waals surface area contributed by atoms with Crippen LogP contribution in [0.5, 0.6) is 5.75 Å². The van der Waals surface area contributed by atoms with Crippen molar-refractivity contribution >= 4 is 55.7 Å². The maximum absolute atomic E-state index is 14.0. The maximum atomic E-state index is 14.0. The number of carbonyl (C=O) groups excluding carboxylic acids is 2. The Balaban J connectivity index is 1.68. The van der Waals surface area contributed by atoms with Crippen LogP contribution in [0.2, 0.25) is 5.02 Å². The van der Waals surface area contributed by atoms with E-state index >= 15 is 0 Å². The van der Waals surface area contributed by atoms with E-state index in [-0.39, 0.29) is 21.5 Å². The second-order valence-electron chi connectivity index (χ2n) is 7.64. The van der Waals surface area contributed by atoms with Gasteiger partial charge in [-0.1, -0.05) is 29.0 Å². The fraction of sp³-hybridized carbons (Fsp3) is 0.120. The maximum Gasteiger partial charge on any atom is 0.301 e. The van der Waals surface area contributed by atoms with Gasteiger partial charge >= 0.3 is 5.91 Å². The summed E-state index contributed by atoms with van der Waals surface area (Å²) in [5.41, 5.74) is 1.13. The molecule has 1 aliphatic heterocycles. The van der Waals surface area contributed by atoms with Crippen molar-refractivity contribution in [2.75, 3.05) is 11.5 Å². The number of Topliss-reactive ketones (excluding diaryl/α,β-unsaturated/α-hetero) is 1. The standard InChI is InChI=1S/C25H17ClFN3O4S/c1-2-34-15-7-5-13(6-8-15)22(31)20-21(14-4-3-9-28-12-14)30(24(33)23(20)32)25-29-18-10-16(26)17(27)11-19(18)35-25/h3-12,21,31H,2H2,1H3/b22-20+. The fourth-order valence-electron chi connectivity index (χ4n) is 3.93. The molecule has 0 aliphatic carbocycles. The van der Waals surface area contributed by atoms with Gasteiger partial charge in [0.25, 0.3) is 5.78 Å². The molecule has 1 fully saturated rings. The number of nitrogens with zero attached hydrogens (tertiary/aromatic N) is 3. The summed E-state index contributed by atoms with van der Waals surface area (Å²) in [6.07, 6.45) is 3.07. The lowest BCUT2D eigenvalue weighted by Crippen LogP contribution is -2.29. The van der Waals surface area contributed by atoms with Crippen molar-refractivity contribution in [3.8, 4) is 5.75 Å². The van der Waals surface area contributed by atoms with Gasteiger partial charge < -0.3 is 9.84 Å². The van der Waals surface area contributed by atoms with Crippen molar-refractivity contribution in [2.24, 2.45) is 0 Å². The summed E-state index contributed by atoms with van der Waals surface area (Å²) < 4.78 is 19.9. The molecule has 0 bridgehead atoms. The lowest BCUT2D eigenvalue weighted by molar-refractivity contribution is -0.132. The van der Waals surface area contributed by atoms with Crippen molar-refractivity contribution in [2.45, 2.75) is 13.0 Å². The summed E-state index contributed by atoms with van der Waals surface area (Å²) in [6, 6.07) is 11.5. The van der Waals surface area contributed by atoms with Gasteiger partial charge in [-0.15, -0.1) is 0 Å². The Kier molecular flexibility index (Phi) is 5.96. The lowest BCUT2D eigenvalue weighted by Gasteiger charge is -2.22. The highest BCUT2D eigenvalue weighted by atomic mass is 35.5. The van der Waals surface area contributed by atoms with E-state index in [1.165, 1.54) is 23.2 Å². The van der Waals surface area contributed by atoms with Crippen LogP contribution >= 0.6 is 22.9 Å². The Bertz CT molecular complexity index is 1450. The van der Waals surface area contributed by atoms with Crippen LogP contribution < -0.4 is 9.64 Å². The van der Waals surface area contributed by atoms with Gasteiger partial charge in [-0.25, -0.2) is 9.37 Å². The minimum atomic E-state index is -0.990. The molecule has 0 spiro atoms. The van der Waals surface area contributed by atoms with Crippen molar-refractivity contribution in [1.82, 2.24) is 9.97 Å². The van der Waals surface area contributed by atoms with Crippen LogP contribution in [0.15, 0.2) is 66.5 Å². The zero-order chi connectivity index (χ0) is 24.7. The highest BCUT2D eigenvalue weighted by molar-refractivity contribution is 7.22. The number of hydrogen-bond acceptors (Lipinski definition) is 7. The SMILES string of the molecule is CCOc1ccc(/C(O)=C2\C(=O)C(=O)N(c3nc4cc(Cl)c(F)cc4s3)C2c2cccnc2)cc1. The number of ether oxygens (including phenoxy) is 1. The molecule has 0 radical (unpaired) electrons. The monoisotopic (exact) mass is 509 g/mol. The lowest BCUT2D eigenvalue weighted by atomic mass is 9.96. The number of hydrogen-bond donors (Lipinski definition) is 1. The number of fused-ring (bicyclic) bond motifs is 1. The Hall–Kier alpha value is -3.82. The molecule has 10 heteroatoms. The highest BCUT2D eigenvalue weighted by Gasteiger charge is 2.48. The quantitative estimate of drug-likeness (QED) is 0.217. The van der Waals surface area contributed by atoms with E-state index in [0.29, 0.717) is 33.7 Å². The van der Waals surface area contributed by atoms with E-state index in [9.17, 15) is 19.1 Å². The Morgan fingerprint density at radius 3 is 2.69 bits per heavy atom. The first-order chi connectivity index (χ1) is 16.9.